The van der Waals surface area contributed by atoms with Crippen LogP contribution in [0.5, 0.6) is 0 Å². The van der Waals surface area contributed by atoms with Crippen molar-refractivity contribution < 1.29 is 4.79 Å². The Morgan fingerprint density at radius 2 is 2.00 bits per heavy atom. The lowest BCUT2D eigenvalue weighted by Gasteiger charge is -2.30. The molecule has 3 nitrogen and oxygen atoms in total. The van der Waals surface area contributed by atoms with E-state index in [4.69, 9.17) is 0 Å². The van der Waals surface area contributed by atoms with E-state index in [1.54, 1.807) is 0 Å². The van der Waals surface area contributed by atoms with Crippen molar-refractivity contribution in [2.24, 2.45) is 5.92 Å². The zero-order valence-electron chi connectivity index (χ0n) is 14.3. The highest BCUT2D eigenvalue weighted by molar-refractivity contribution is 5.78. The summed E-state index contributed by atoms with van der Waals surface area (Å²) in [6, 6.07) is 6.30. The van der Waals surface area contributed by atoms with Gasteiger partial charge in [-0.3, -0.25) is 4.79 Å². The number of likely N-dealkylation sites (tertiary alicyclic amines) is 1. The molecule has 1 saturated heterocycles. The van der Waals surface area contributed by atoms with Crippen LogP contribution in [0, 0.1) is 19.8 Å². The second kappa shape index (κ2) is 8.33. The molecule has 1 N–H and O–H groups in total. The zero-order valence-corrected chi connectivity index (χ0v) is 14.3. The van der Waals surface area contributed by atoms with Gasteiger partial charge in [-0.25, -0.2) is 0 Å². The fourth-order valence-electron chi connectivity index (χ4n) is 3.04. The Morgan fingerprint density at radius 1 is 1.27 bits per heavy atom. The van der Waals surface area contributed by atoms with Crippen molar-refractivity contribution >= 4 is 5.91 Å². The molecule has 1 aliphatic heterocycles. The average molecular weight is 302 g/mol. The summed E-state index contributed by atoms with van der Waals surface area (Å²) in [7, 11) is 0. The summed E-state index contributed by atoms with van der Waals surface area (Å²) in [6.07, 6.45) is 4.18. The number of hydrogen-bond donors (Lipinski definition) is 1. The molecule has 2 rings (SSSR count). The van der Waals surface area contributed by atoms with E-state index in [1.165, 1.54) is 37.1 Å². The van der Waals surface area contributed by atoms with E-state index in [9.17, 15) is 4.79 Å². The number of nitrogens with one attached hydrogen (secondary N) is 1. The van der Waals surface area contributed by atoms with Crippen LogP contribution in [0.4, 0.5) is 0 Å². The van der Waals surface area contributed by atoms with E-state index in [0.29, 0.717) is 6.42 Å². The van der Waals surface area contributed by atoms with Gasteiger partial charge in [0.1, 0.15) is 0 Å². The fraction of sp³-hybridized carbons (Fsp3) is 0.632. The summed E-state index contributed by atoms with van der Waals surface area (Å²) in [5, 5.41) is 3.06. The van der Waals surface area contributed by atoms with Crippen molar-refractivity contribution in [1.29, 1.82) is 0 Å². The van der Waals surface area contributed by atoms with Crippen LogP contribution in [0.2, 0.25) is 0 Å². The molecule has 0 saturated carbocycles. The fourth-order valence-corrected chi connectivity index (χ4v) is 3.04. The Labute approximate surface area is 135 Å². The highest BCUT2D eigenvalue weighted by Crippen LogP contribution is 2.15. The first-order chi connectivity index (χ1) is 10.5. The molecule has 0 aliphatic carbocycles. The van der Waals surface area contributed by atoms with Gasteiger partial charge in [-0.15, -0.1) is 0 Å². The highest BCUT2D eigenvalue weighted by Gasteiger charge is 2.14. The topological polar surface area (TPSA) is 32.3 Å². The third-order valence-corrected chi connectivity index (χ3v) is 4.71. The van der Waals surface area contributed by atoms with Gasteiger partial charge in [0.2, 0.25) is 5.91 Å². The quantitative estimate of drug-likeness (QED) is 0.819. The first kappa shape index (κ1) is 17.0. The molecule has 0 aromatic heterocycles. The first-order valence-corrected chi connectivity index (χ1v) is 8.60. The zero-order chi connectivity index (χ0) is 15.9. The Morgan fingerprint density at radius 3 is 2.73 bits per heavy atom. The molecule has 0 bridgehead atoms. The van der Waals surface area contributed by atoms with Crippen molar-refractivity contribution in [3.63, 3.8) is 0 Å². The van der Waals surface area contributed by atoms with E-state index < -0.39 is 0 Å². The maximum Gasteiger partial charge on any atom is 0.224 e. The lowest BCUT2D eigenvalue weighted by molar-refractivity contribution is -0.120. The van der Waals surface area contributed by atoms with E-state index >= 15 is 0 Å². The van der Waals surface area contributed by atoms with Gasteiger partial charge in [0.15, 0.2) is 0 Å². The third kappa shape index (κ3) is 5.45. The van der Waals surface area contributed by atoms with Crippen LogP contribution in [0.15, 0.2) is 18.2 Å². The summed E-state index contributed by atoms with van der Waals surface area (Å²) >= 11 is 0. The van der Waals surface area contributed by atoms with Crippen LogP contribution >= 0.6 is 0 Å². The van der Waals surface area contributed by atoms with Crippen LogP contribution in [0.3, 0.4) is 0 Å². The SMILES string of the molecule is Cc1ccc(C)c(CC(=O)NCCCN2CCC(C)CC2)c1. The molecule has 1 aromatic rings. The molecule has 1 aliphatic rings. The van der Waals surface area contributed by atoms with Gasteiger partial charge < -0.3 is 10.2 Å². The molecule has 0 atom stereocenters. The van der Waals surface area contributed by atoms with E-state index in [1.807, 2.05) is 0 Å². The highest BCUT2D eigenvalue weighted by atomic mass is 16.1. The minimum Gasteiger partial charge on any atom is -0.356 e. The van der Waals surface area contributed by atoms with Gasteiger partial charge in [-0.05, 0) is 69.8 Å². The number of hydrogen-bond acceptors (Lipinski definition) is 2. The number of carbonyl (C=O) groups is 1. The summed E-state index contributed by atoms with van der Waals surface area (Å²) < 4.78 is 0. The van der Waals surface area contributed by atoms with Gasteiger partial charge in [-0.2, -0.15) is 0 Å². The molecule has 22 heavy (non-hydrogen) atoms. The summed E-state index contributed by atoms with van der Waals surface area (Å²) in [5.41, 5.74) is 3.55. The Hall–Kier alpha value is -1.35. The minimum atomic E-state index is 0.140. The molecule has 1 amide bonds. The number of carbonyl (C=O) groups excluding carboxylic acids is 1. The monoisotopic (exact) mass is 302 g/mol. The molecule has 1 aromatic carbocycles. The second-order valence-corrected chi connectivity index (χ2v) is 6.83. The third-order valence-electron chi connectivity index (χ3n) is 4.71. The van der Waals surface area contributed by atoms with Crippen LogP contribution in [0.25, 0.3) is 0 Å². The average Bonchev–Trinajstić information content (AvgIpc) is 2.49. The van der Waals surface area contributed by atoms with Crippen LogP contribution in [-0.4, -0.2) is 37.0 Å². The molecular formula is C19H30N2O. The van der Waals surface area contributed by atoms with E-state index in [-0.39, 0.29) is 5.91 Å². The van der Waals surface area contributed by atoms with Crippen molar-refractivity contribution in [3.05, 3.63) is 34.9 Å². The number of nitrogens with zero attached hydrogens (tertiary/aromatic N) is 1. The smallest absolute Gasteiger partial charge is 0.224 e. The van der Waals surface area contributed by atoms with Crippen LogP contribution < -0.4 is 5.32 Å². The lowest BCUT2D eigenvalue weighted by Crippen LogP contribution is -2.35. The Balaban J connectivity index is 1.64. The molecule has 3 heteroatoms. The molecule has 0 spiro atoms. The van der Waals surface area contributed by atoms with Gasteiger partial charge in [0, 0.05) is 6.54 Å². The molecule has 1 fully saturated rings. The van der Waals surface area contributed by atoms with Crippen molar-refractivity contribution in [2.45, 2.75) is 46.5 Å². The number of amides is 1. The number of aryl methyl sites for hydroxylation is 2. The summed E-state index contributed by atoms with van der Waals surface area (Å²) in [6.45, 7) is 10.8. The van der Waals surface area contributed by atoms with Gasteiger partial charge in [0.05, 0.1) is 6.42 Å². The molecule has 1 heterocycles. The molecular weight excluding hydrogens is 272 g/mol. The number of rotatable bonds is 6. The van der Waals surface area contributed by atoms with E-state index in [0.717, 1.165) is 31.0 Å². The van der Waals surface area contributed by atoms with Gasteiger partial charge in [0.25, 0.3) is 0 Å². The van der Waals surface area contributed by atoms with Gasteiger partial charge >= 0.3 is 0 Å². The minimum absolute atomic E-state index is 0.140. The predicted molar refractivity (Wildman–Crippen MR) is 92.1 cm³/mol. The standard InChI is InChI=1S/C19H30N2O/c1-15-7-11-21(12-8-15)10-4-9-20-19(22)14-18-13-16(2)5-6-17(18)3/h5-6,13,15H,4,7-12,14H2,1-3H3,(H,20,22). The van der Waals surface area contributed by atoms with Gasteiger partial charge in [-0.1, -0.05) is 30.7 Å². The maximum atomic E-state index is 12.0. The second-order valence-electron chi connectivity index (χ2n) is 6.83. The molecule has 0 unspecified atom stereocenters. The summed E-state index contributed by atoms with van der Waals surface area (Å²) in [5.74, 6) is 1.02. The number of benzene rings is 1. The normalized spacial score (nSPS) is 16.7. The largest absolute Gasteiger partial charge is 0.356 e. The molecule has 0 radical (unpaired) electrons. The first-order valence-electron chi connectivity index (χ1n) is 8.60. The Bertz CT molecular complexity index is 490. The number of piperidine rings is 1. The van der Waals surface area contributed by atoms with Crippen LogP contribution in [-0.2, 0) is 11.2 Å². The Kier molecular flexibility index (Phi) is 6.44. The van der Waals surface area contributed by atoms with E-state index in [2.05, 4.69) is 49.2 Å². The maximum absolute atomic E-state index is 12.0. The van der Waals surface area contributed by atoms with Crippen molar-refractivity contribution in [2.75, 3.05) is 26.2 Å². The van der Waals surface area contributed by atoms with Crippen LogP contribution in [0.1, 0.15) is 42.9 Å². The predicted octanol–water partition coefficient (Wildman–Crippen LogP) is 3.08. The summed E-state index contributed by atoms with van der Waals surface area (Å²) in [4.78, 5) is 14.6. The lowest BCUT2D eigenvalue weighted by atomic mass is 9.99. The van der Waals surface area contributed by atoms with Crippen molar-refractivity contribution in [3.8, 4) is 0 Å². The molecule has 122 valence electrons. The van der Waals surface area contributed by atoms with Crippen molar-refractivity contribution in [1.82, 2.24) is 10.2 Å².